The summed E-state index contributed by atoms with van der Waals surface area (Å²) < 4.78 is 5.29. The number of allylic oxidation sites excluding steroid dienone is 2. The molecule has 0 amide bonds. The minimum Gasteiger partial charge on any atom is -0.496 e. The molecule has 1 aromatic rings. The molecule has 1 aliphatic rings. The quantitative estimate of drug-likeness (QED) is 0.651. The van der Waals surface area contributed by atoms with Gasteiger partial charge in [-0.2, -0.15) is 0 Å². The molecule has 0 atom stereocenters. The largest absolute Gasteiger partial charge is 0.496 e. The maximum Gasteiger partial charge on any atom is 0.123 e. The summed E-state index contributed by atoms with van der Waals surface area (Å²) in [5, 5.41) is 0. The van der Waals surface area contributed by atoms with E-state index < -0.39 is 0 Å². The van der Waals surface area contributed by atoms with Gasteiger partial charge in [0.1, 0.15) is 5.76 Å². The number of fused-ring (bicyclic) bond motifs is 1. The van der Waals surface area contributed by atoms with E-state index in [1.165, 1.54) is 0 Å². The zero-order valence-electron chi connectivity index (χ0n) is 7.53. The average molecular weight is 173 g/mol. The van der Waals surface area contributed by atoms with Gasteiger partial charge in [0.15, 0.2) is 0 Å². The molecule has 1 aromatic heterocycles. The van der Waals surface area contributed by atoms with Crippen LogP contribution in [-0.4, -0.2) is 12.1 Å². The molecule has 0 aromatic carbocycles. The van der Waals surface area contributed by atoms with Crippen LogP contribution in [0.2, 0.25) is 0 Å². The molecule has 0 radical (unpaired) electrons. The van der Waals surface area contributed by atoms with E-state index in [1.807, 2.05) is 12.3 Å². The minimum atomic E-state index is 0.915. The third-order valence-corrected chi connectivity index (χ3v) is 2.07. The number of aromatic nitrogens is 1. The van der Waals surface area contributed by atoms with Gasteiger partial charge in [-0.25, -0.2) is 0 Å². The van der Waals surface area contributed by atoms with Gasteiger partial charge in [0.05, 0.1) is 7.11 Å². The summed E-state index contributed by atoms with van der Waals surface area (Å²) in [6.07, 6.45) is 10.8. The highest BCUT2D eigenvalue weighted by Gasteiger charge is 2.07. The van der Waals surface area contributed by atoms with Crippen molar-refractivity contribution in [2.75, 3.05) is 7.11 Å². The number of ether oxygens (including phenoxy) is 1. The number of nitrogens with zero attached hydrogens (tertiary/aromatic N) is 1. The third-order valence-electron chi connectivity index (χ3n) is 2.07. The smallest absolute Gasteiger partial charge is 0.123 e. The Morgan fingerprint density at radius 3 is 3.23 bits per heavy atom. The lowest BCUT2D eigenvalue weighted by Gasteiger charge is -2.06. The predicted molar refractivity (Wildman–Crippen MR) is 52.9 cm³/mol. The van der Waals surface area contributed by atoms with E-state index in [-0.39, 0.29) is 0 Å². The van der Waals surface area contributed by atoms with Crippen molar-refractivity contribution in [2.24, 2.45) is 0 Å². The van der Waals surface area contributed by atoms with Gasteiger partial charge in [0.25, 0.3) is 0 Å². The van der Waals surface area contributed by atoms with Gasteiger partial charge in [-0.05, 0) is 18.6 Å². The van der Waals surface area contributed by atoms with E-state index in [0.29, 0.717) is 0 Å². The van der Waals surface area contributed by atoms with E-state index in [9.17, 15) is 0 Å². The Labute approximate surface area is 77.6 Å². The summed E-state index contributed by atoms with van der Waals surface area (Å²) in [6.45, 7) is 0. The van der Waals surface area contributed by atoms with E-state index in [4.69, 9.17) is 4.74 Å². The first kappa shape index (κ1) is 8.05. The molecule has 0 fully saturated rings. The molecule has 13 heavy (non-hydrogen) atoms. The van der Waals surface area contributed by atoms with Crippen molar-refractivity contribution in [2.45, 2.75) is 6.42 Å². The van der Waals surface area contributed by atoms with Gasteiger partial charge < -0.3 is 4.74 Å². The summed E-state index contributed by atoms with van der Waals surface area (Å²) in [4.78, 5) is 4.07. The minimum absolute atomic E-state index is 0.915. The van der Waals surface area contributed by atoms with Gasteiger partial charge in [-0.3, -0.25) is 4.98 Å². The van der Waals surface area contributed by atoms with Crippen LogP contribution in [0.5, 0.6) is 0 Å². The lowest BCUT2D eigenvalue weighted by atomic mass is 10.1. The fraction of sp³-hybridized carbons (Fsp3) is 0.182. The van der Waals surface area contributed by atoms with Crippen molar-refractivity contribution < 1.29 is 4.74 Å². The summed E-state index contributed by atoms with van der Waals surface area (Å²) in [7, 11) is 1.70. The molecule has 0 spiro atoms. The van der Waals surface area contributed by atoms with Crippen LogP contribution in [0.4, 0.5) is 0 Å². The van der Waals surface area contributed by atoms with Gasteiger partial charge in [0.2, 0.25) is 0 Å². The maximum absolute atomic E-state index is 5.29. The van der Waals surface area contributed by atoms with Crippen LogP contribution in [0.25, 0.3) is 11.8 Å². The molecule has 0 saturated carbocycles. The molecule has 0 unspecified atom stereocenters. The number of rotatable bonds is 1. The Kier molecular flexibility index (Phi) is 2.13. The summed E-state index contributed by atoms with van der Waals surface area (Å²) in [6, 6.07) is 1.97. The molecule has 0 saturated heterocycles. The van der Waals surface area contributed by atoms with Crippen LogP contribution in [0.15, 0.2) is 30.6 Å². The van der Waals surface area contributed by atoms with Crippen LogP contribution >= 0.6 is 0 Å². The fourth-order valence-corrected chi connectivity index (χ4v) is 1.44. The predicted octanol–water partition coefficient (Wildman–Crippen LogP) is 2.49. The standard InChI is InChI=1S/C11H11NO/c1-13-11-5-3-2-4-9-8-12-7-6-10(9)11/h2,4-8H,3H2,1H3. The number of hydrogen-bond donors (Lipinski definition) is 0. The zero-order chi connectivity index (χ0) is 9.10. The molecule has 66 valence electrons. The van der Waals surface area contributed by atoms with Crippen molar-refractivity contribution in [3.05, 3.63) is 41.7 Å². The maximum atomic E-state index is 5.29. The highest BCUT2D eigenvalue weighted by atomic mass is 16.5. The Morgan fingerprint density at radius 1 is 1.46 bits per heavy atom. The molecule has 0 N–H and O–H groups in total. The lowest BCUT2D eigenvalue weighted by molar-refractivity contribution is 0.369. The van der Waals surface area contributed by atoms with Crippen molar-refractivity contribution in [3.8, 4) is 0 Å². The van der Waals surface area contributed by atoms with E-state index in [2.05, 4.69) is 23.2 Å². The van der Waals surface area contributed by atoms with Gasteiger partial charge >= 0.3 is 0 Å². The first-order valence-electron chi connectivity index (χ1n) is 4.27. The van der Waals surface area contributed by atoms with E-state index in [0.717, 1.165) is 23.3 Å². The fourth-order valence-electron chi connectivity index (χ4n) is 1.44. The molecule has 0 bridgehead atoms. The van der Waals surface area contributed by atoms with Crippen LogP contribution in [0, 0.1) is 0 Å². The second-order valence-electron chi connectivity index (χ2n) is 2.87. The van der Waals surface area contributed by atoms with Crippen LogP contribution in [0.1, 0.15) is 17.5 Å². The van der Waals surface area contributed by atoms with Crippen molar-refractivity contribution in [3.63, 3.8) is 0 Å². The normalized spacial score (nSPS) is 14.4. The van der Waals surface area contributed by atoms with Gasteiger partial charge in [-0.1, -0.05) is 12.2 Å². The third kappa shape index (κ3) is 1.47. The van der Waals surface area contributed by atoms with E-state index in [1.54, 1.807) is 13.3 Å². The van der Waals surface area contributed by atoms with Crippen LogP contribution in [-0.2, 0) is 4.74 Å². The van der Waals surface area contributed by atoms with E-state index >= 15 is 0 Å². The SMILES string of the molecule is COC1=CCC=Cc2cnccc21. The number of pyridine rings is 1. The molecule has 1 heterocycles. The number of hydrogen-bond acceptors (Lipinski definition) is 2. The molecular formula is C11H11NO. The number of methoxy groups -OCH3 is 1. The highest BCUT2D eigenvalue weighted by molar-refractivity contribution is 5.71. The van der Waals surface area contributed by atoms with Crippen LogP contribution in [0.3, 0.4) is 0 Å². The first-order valence-corrected chi connectivity index (χ1v) is 4.27. The molecule has 2 heteroatoms. The molecule has 2 nitrogen and oxygen atoms in total. The Morgan fingerprint density at radius 2 is 2.38 bits per heavy atom. The van der Waals surface area contributed by atoms with Crippen molar-refractivity contribution >= 4 is 11.8 Å². The zero-order valence-corrected chi connectivity index (χ0v) is 7.53. The second-order valence-corrected chi connectivity index (χ2v) is 2.87. The summed E-state index contributed by atoms with van der Waals surface area (Å²) in [5.41, 5.74) is 2.24. The lowest BCUT2D eigenvalue weighted by Crippen LogP contribution is -1.90. The van der Waals surface area contributed by atoms with Crippen molar-refractivity contribution in [1.82, 2.24) is 4.98 Å². The molecule has 1 aliphatic carbocycles. The second kappa shape index (κ2) is 3.44. The van der Waals surface area contributed by atoms with Gasteiger partial charge in [0, 0.05) is 23.5 Å². The molecule has 2 rings (SSSR count). The monoisotopic (exact) mass is 173 g/mol. The first-order chi connectivity index (χ1) is 6.42. The van der Waals surface area contributed by atoms with Crippen LogP contribution < -0.4 is 0 Å². The molecular weight excluding hydrogens is 162 g/mol. The average Bonchev–Trinajstić information content (AvgIpc) is 2.39. The Bertz CT molecular complexity index is 366. The Balaban J connectivity index is 2.55. The highest BCUT2D eigenvalue weighted by Crippen LogP contribution is 2.23. The molecule has 0 aliphatic heterocycles. The van der Waals surface area contributed by atoms with Crippen molar-refractivity contribution in [1.29, 1.82) is 0 Å². The summed E-state index contributed by atoms with van der Waals surface area (Å²) >= 11 is 0. The topological polar surface area (TPSA) is 22.1 Å². The summed E-state index contributed by atoms with van der Waals surface area (Å²) in [5.74, 6) is 0.933. The van der Waals surface area contributed by atoms with Gasteiger partial charge in [-0.15, -0.1) is 0 Å². The Hall–Kier alpha value is -1.57.